The van der Waals surface area contributed by atoms with Gasteiger partial charge in [-0.1, -0.05) is 17.2 Å². The van der Waals surface area contributed by atoms with E-state index in [4.69, 9.17) is 9.57 Å². The SMILES string of the molecule is CC(C)(CN1CCOCC1)C(=O)ON1C(=O)c2ccccc2C1=O. The van der Waals surface area contributed by atoms with E-state index in [1.165, 1.54) is 0 Å². The largest absolute Gasteiger partial charge is 0.379 e. The van der Waals surface area contributed by atoms with E-state index in [-0.39, 0.29) is 11.1 Å². The van der Waals surface area contributed by atoms with Gasteiger partial charge in [0.1, 0.15) is 0 Å². The van der Waals surface area contributed by atoms with Crippen LogP contribution in [0, 0.1) is 5.41 Å². The fourth-order valence-corrected chi connectivity index (χ4v) is 2.84. The van der Waals surface area contributed by atoms with E-state index < -0.39 is 23.2 Å². The van der Waals surface area contributed by atoms with E-state index in [9.17, 15) is 14.4 Å². The average molecular weight is 332 g/mol. The lowest BCUT2D eigenvalue weighted by molar-refractivity contribution is -0.180. The van der Waals surface area contributed by atoms with Crippen molar-refractivity contribution in [2.75, 3.05) is 32.8 Å². The van der Waals surface area contributed by atoms with Gasteiger partial charge in [-0.2, -0.15) is 0 Å². The van der Waals surface area contributed by atoms with Gasteiger partial charge in [-0.15, -0.1) is 0 Å². The Bertz CT molecular complexity index is 644. The second kappa shape index (κ2) is 6.33. The van der Waals surface area contributed by atoms with E-state index in [0.29, 0.717) is 24.8 Å². The molecule has 1 saturated heterocycles. The van der Waals surface area contributed by atoms with E-state index in [2.05, 4.69) is 4.90 Å². The molecule has 1 fully saturated rings. The van der Waals surface area contributed by atoms with Crippen LogP contribution in [0.3, 0.4) is 0 Å². The molecule has 0 saturated carbocycles. The van der Waals surface area contributed by atoms with Gasteiger partial charge < -0.3 is 9.57 Å². The highest BCUT2D eigenvalue weighted by Crippen LogP contribution is 2.26. The monoisotopic (exact) mass is 332 g/mol. The topological polar surface area (TPSA) is 76.2 Å². The Labute approximate surface area is 140 Å². The van der Waals surface area contributed by atoms with Crippen molar-refractivity contribution in [1.82, 2.24) is 9.96 Å². The molecule has 24 heavy (non-hydrogen) atoms. The first-order chi connectivity index (χ1) is 11.4. The van der Waals surface area contributed by atoms with Crippen molar-refractivity contribution in [3.05, 3.63) is 35.4 Å². The normalized spacial score (nSPS) is 18.7. The Balaban J connectivity index is 1.68. The summed E-state index contributed by atoms with van der Waals surface area (Å²) in [4.78, 5) is 44.3. The number of hydroxylamine groups is 2. The number of amides is 2. The predicted molar refractivity (Wildman–Crippen MR) is 84.1 cm³/mol. The van der Waals surface area contributed by atoms with Crippen LogP contribution in [0.25, 0.3) is 0 Å². The van der Waals surface area contributed by atoms with Gasteiger partial charge in [0, 0.05) is 19.6 Å². The van der Waals surface area contributed by atoms with Gasteiger partial charge in [-0.25, -0.2) is 4.79 Å². The molecule has 2 amide bonds. The molecule has 2 aliphatic rings. The van der Waals surface area contributed by atoms with Gasteiger partial charge in [-0.05, 0) is 26.0 Å². The van der Waals surface area contributed by atoms with Crippen LogP contribution in [0.1, 0.15) is 34.6 Å². The summed E-state index contributed by atoms with van der Waals surface area (Å²) in [6.45, 7) is 6.69. The Hall–Kier alpha value is -2.25. The standard InChI is InChI=1S/C17H20N2O5/c1-17(2,11-18-7-9-23-10-8-18)16(22)24-19-14(20)12-5-3-4-6-13(12)15(19)21/h3-6H,7-11H2,1-2H3. The zero-order valence-electron chi connectivity index (χ0n) is 13.8. The van der Waals surface area contributed by atoms with Crippen LogP contribution >= 0.6 is 0 Å². The predicted octanol–water partition coefficient (Wildman–Crippen LogP) is 1.10. The molecule has 0 atom stereocenters. The minimum absolute atomic E-state index is 0.251. The summed E-state index contributed by atoms with van der Waals surface area (Å²) in [5, 5.41) is 0.564. The number of benzene rings is 1. The smallest absolute Gasteiger partial charge is 0.340 e. The summed E-state index contributed by atoms with van der Waals surface area (Å²) in [5.41, 5.74) is -0.352. The molecule has 128 valence electrons. The zero-order chi connectivity index (χ0) is 17.3. The maximum Gasteiger partial charge on any atom is 0.340 e. The molecule has 3 rings (SSSR count). The second-order valence-corrected chi connectivity index (χ2v) is 6.60. The van der Waals surface area contributed by atoms with Gasteiger partial charge in [-0.3, -0.25) is 14.5 Å². The van der Waals surface area contributed by atoms with Crippen molar-refractivity contribution in [1.29, 1.82) is 0 Å². The summed E-state index contributed by atoms with van der Waals surface area (Å²) >= 11 is 0. The second-order valence-electron chi connectivity index (χ2n) is 6.60. The number of carbonyl (C=O) groups excluding carboxylic acids is 3. The molecule has 0 N–H and O–H groups in total. The van der Waals surface area contributed by atoms with Crippen molar-refractivity contribution < 1.29 is 24.0 Å². The lowest BCUT2D eigenvalue weighted by Crippen LogP contribution is -2.47. The summed E-state index contributed by atoms with van der Waals surface area (Å²) in [5.74, 6) is -1.82. The summed E-state index contributed by atoms with van der Waals surface area (Å²) in [6, 6.07) is 6.42. The molecule has 7 heteroatoms. The number of morpholine rings is 1. The molecule has 1 aromatic rings. The Morgan fingerprint density at radius 2 is 1.67 bits per heavy atom. The van der Waals surface area contributed by atoms with Crippen molar-refractivity contribution >= 4 is 17.8 Å². The third kappa shape index (κ3) is 3.05. The van der Waals surface area contributed by atoms with E-state index in [1.807, 2.05) is 0 Å². The van der Waals surface area contributed by atoms with Crippen molar-refractivity contribution in [2.24, 2.45) is 5.41 Å². The van der Waals surface area contributed by atoms with Gasteiger partial charge in [0.15, 0.2) is 0 Å². The Morgan fingerprint density at radius 3 is 2.21 bits per heavy atom. The number of carbonyl (C=O) groups is 3. The summed E-state index contributed by atoms with van der Waals surface area (Å²) < 4.78 is 5.29. The van der Waals surface area contributed by atoms with Crippen molar-refractivity contribution in [3.8, 4) is 0 Å². The van der Waals surface area contributed by atoms with E-state index in [1.54, 1.807) is 38.1 Å². The number of rotatable bonds is 4. The first kappa shape index (κ1) is 16.6. The van der Waals surface area contributed by atoms with Gasteiger partial charge >= 0.3 is 5.97 Å². The number of ether oxygens (including phenoxy) is 1. The third-order valence-electron chi connectivity index (χ3n) is 4.21. The molecule has 7 nitrogen and oxygen atoms in total. The molecule has 2 aliphatic heterocycles. The molecule has 0 aliphatic carbocycles. The molecule has 0 unspecified atom stereocenters. The Morgan fingerprint density at radius 1 is 1.12 bits per heavy atom. The highest BCUT2D eigenvalue weighted by molar-refractivity contribution is 6.20. The number of hydrogen-bond acceptors (Lipinski definition) is 6. The quantitative estimate of drug-likeness (QED) is 0.769. The van der Waals surface area contributed by atoms with Gasteiger partial charge in [0.2, 0.25) is 0 Å². The van der Waals surface area contributed by atoms with Gasteiger partial charge in [0.05, 0.1) is 29.8 Å². The van der Waals surface area contributed by atoms with E-state index in [0.717, 1.165) is 13.1 Å². The molecule has 0 bridgehead atoms. The third-order valence-corrected chi connectivity index (χ3v) is 4.21. The molecule has 2 heterocycles. The van der Waals surface area contributed by atoms with Crippen LogP contribution in [0.5, 0.6) is 0 Å². The Kier molecular flexibility index (Phi) is 4.38. The first-order valence-corrected chi connectivity index (χ1v) is 7.90. The lowest BCUT2D eigenvalue weighted by atomic mass is 9.93. The highest BCUT2D eigenvalue weighted by atomic mass is 16.7. The fourth-order valence-electron chi connectivity index (χ4n) is 2.84. The van der Waals surface area contributed by atoms with Crippen LogP contribution in [-0.4, -0.2) is 60.6 Å². The van der Waals surface area contributed by atoms with Crippen LogP contribution < -0.4 is 0 Å². The lowest BCUT2D eigenvalue weighted by Gasteiger charge is -2.33. The first-order valence-electron chi connectivity index (χ1n) is 7.90. The van der Waals surface area contributed by atoms with Crippen LogP contribution in [-0.2, 0) is 14.4 Å². The maximum atomic E-state index is 12.5. The molecule has 0 aromatic heterocycles. The molecule has 1 aromatic carbocycles. The average Bonchev–Trinajstić information content (AvgIpc) is 2.81. The maximum absolute atomic E-state index is 12.5. The summed E-state index contributed by atoms with van der Waals surface area (Å²) in [6.07, 6.45) is 0. The molecular formula is C17H20N2O5. The summed E-state index contributed by atoms with van der Waals surface area (Å²) in [7, 11) is 0. The minimum Gasteiger partial charge on any atom is -0.379 e. The zero-order valence-corrected chi connectivity index (χ0v) is 13.8. The number of imide groups is 1. The fraction of sp³-hybridized carbons (Fsp3) is 0.471. The number of fused-ring (bicyclic) bond motifs is 1. The van der Waals surface area contributed by atoms with Crippen LogP contribution in [0.2, 0.25) is 0 Å². The van der Waals surface area contributed by atoms with E-state index >= 15 is 0 Å². The molecule has 0 spiro atoms. The minimum atomic E-state index is -0.854. The van der Waals surface area contributed by atoms with Crippen LogP contribution in [0.15, 0.2) is 24.3 Å². The molecule has 0 radical (unpaired) electrons. The highest BCUT2D eigenvalue weighted by Gasteiger charge is 2.42. The van der Waals surface area contributed by atoms with Crippen molar-refractivity contribution in [2.45, 2.75) is 13.8 Å². The molecular weight excluding hydrogens is 312 g/mol. The number of hydrogen-bond donors (Lipinski definition) is 0. The number of nitrogens with zero attached hydrogens (tertiary/aromatic N) is 2. The van der Waals surface area contributed by atoms with Crippen LogP contribution in [0.4, 0.5) is 0 Å². The van der Waals surface area contributed by atoms with Gasteiger partial charge in [0.25, 0.3) is 11.8 Å². The van der Waals surface area contributed by atoms with Crippen molar-refractivity contribution in [3.63, 3.8) is 0 Å².